The molecule has 17 heavy (non-hydrogen) atoms. The first kappa shape index (κ1) is 10.3. The second kappa shape index (κ2) is 3.88. The van der Waals surface area contributed by atoms with Gasteiger partial charge >= 0.3 is 0 Å². The van der Waals surface area contributed by atoms with Crippen molar-refractivity contribution in [3.63, 3.8) is 0 Å². The smallest absolute Gasteiger partial charge is 0.267 e. The molecule has 3 rings (SSSR count). The van der Waals surface area contributed by atoms with Crippen LogP contribution in [0.15, 0.2) is 12.4 Å². The van der Waals surface area contributed by atoms with E-state index in [-0.39, 0.29) is 11.9 Å². The van der Waals surface area contributed by atoms with E-state index in [1.165, 1.54) is 0 Å². The Morgan fingerprint density at radius 3 is 2.94 bits per heavy atom. The Hall–Kier alpha value is -1.83. The monoisotopic (exact) mass is 250 g/mol. The molecule has 1 aliphatic heterocycles. The molecule has 7 nitrogen and oxygen atoms in total. The standard InChI is InChI=1S/C9H10N6OS/c1-6-8(17-13-11-6)9(16)14-4-7(5-14)15-3-2-10-12-15/h2-3,7H,4-5H2,1H3. The fraction of sp³-hybridized carbons (Fsp3) is 0.444. The predicted molar refractivity (Wildman–Crippen MR) is 59.6 cm³/mol. The molecule has 8 heteroatoms. The summed E-state index contributed by atoms with van der Waals surface area (Å²) in [5, 5.41) is 11.5. The molecule has 1 saturated heterocycles. The van der Waals surface area contributed by atoms with Crippen LogP contribution in [0.2, 0.25) is 0 Å². The lowest BCUT2D eigenvalue weighted by Crippen LogP contribution is -2.50. The first-order valence-electron chi connectivity index (χ1n) is 5.19. The number of rotatable bonds is 2. The van der Waals surface area contributed by atoms with Crippen LogP contribution >= 0.6 is 11.5 Å². The van der Waals surface area contributed by atoms with Crippen molar-refractivity contribution in [3.8, 4) is 0 Å². The first-order chi connectivity index (χ1) is 8.25. The van der Waals surface area contributed by atoms with Gasteiger partial charge in [-0.2, -0.15) is 0 Å². The minimum absolute atomic E-state index is 0.00821. The maximum atomic E-state index is 12.0. The summed E-state index contributed by atoms with van der Waals surface area (Å²) in [4.78, 5) is 14.4. The minimum atomic E-state index is 0.00821. The van der Waals surface area contributed by atoms with Gasteiger partial charge in [-0.1, -0.05) is 9.70 Å². The maximum absolute atomic E-state index is 12.0. The van der Waals surface area contributed by atoms with Gasteiger partial charge in [-0.15, -0.1) is 10.2 Å². The van der Waals surface area contributed by atoms with Crippen molar-refractivity contribution < 1.29 is 4.79 Å². The fourth-order valence-electron chi connectivity index (χ4n) is 1.77. The molecule has 0 aliphatic carbocycles. The zero-order chi connectivity index (χ0) is 11.8. The van der Waals surface area contributed by atoms with Gasteiger partial charge in [0, 0.05) is 19.3 Å². The number of aryl methyl sites for hydroxylation is 1. The minimum Gasteiger partial charge on any atom is -0.333 e. The quantitative estimate of drug-likeness (QED) is 0.757. The first-order valence-corrected chi connectivity index (χ1v) is 5.97. The lowest BCUT2D eigenvalue weighted by Gasteiger charge is -2.38. The highest BCUT2D eigenvalue weighted by atomic mass is 32.1. The van der Waals surface area contributed by atoms with Crippen LogP contribution in [0.25, 0.3) is 0 Å². The van der Waals surface area contributed by atoms with E-state index in [1.54, 1.807) is 22.7 Å². The zero-order valence-electron chi connectivity index (χ0n) is 9.15. The number of carbonyl (C=O) groups is 1. The van der Waals surface area contributed by atoms with E-state index in [0.29, 0.717) is 23.7 Å². The molecule has 0 aromatic carbocycles. The number of hydrogen-bond acceptors (Lipinski definition) is 6. The van der Waals surface area contributed by atoms with Gasteiger partial charge in [-0.05, 0) is 18.5 Å². The summed E-state index contributed by atoms with van der Waals surface area (Å²) in [6.45, 7) is 3.13. The van der Waals surface area contributed by atoms with Gasteiger partial charge in [0.1, 0.15) is 4.88 Å². The molecule has 0 N–H and O–H groups in total. The van der Waals surface area contributed by atoms with Crippen molar-refractivity contribution in [3.05, 3.63) is 23.0 Å². The number of hydrogen-bond donors (Lipinski definition) is 0. The molecule has 0 bridgehead atoms. The number of aromatic nitrogens is 5. The largest absolute Gasteiger partial charge is 0.333 e. The van der Waals surface area contributed by atoms with Crippen LogP contribution in [0.4, 0.5) is 0 Å². The zero-order valence-corrected chi connectivity index (χ0v) is 9.96. The van der Waals surface area contributed by atoms with Crippen molar-refractivity contribution >= 4 is 17.4 Å². The molecule has 0 spiro atoms. The fourth-order valence-corrected chi connectivity index (χ4v) is 2.40. The molecule has 0 unspecified atom stereocenters. The summed E-state index contributed by atoms with van der Waals surface area (Å²) in [5.74, 6) is 0.00821. The topological polar surface area (TPSA) is 76.8 Å². The van der Waals surface area contributed by atoms with E-state index < -0.39 is 0 Å². The van der Waals surface area contributed by atoms with Gasteiger partial charge < -0.3 is 4.90 Å². The lowest BCUT2D eigenvalue weighted by atomic mass is 10.1. The molecule has 0 radical (unpaired) electrons. The average molecular weight is 250 g/mol. The highest BCUT2D eigenvalue weighted by Crippen LogP contribution is 2.23. The van der Waals surface area contributed by atoms with Gasteiger partial charge in [0.05, 0.1) is 17.9 Å². The Labute approximate surface area is 101 Å². The average Bonchev–Trinajstić information content (AvgIpc) is 2.86. The lowest BCUT2D eigenvalue weighted by molar-refractivity contribution is 0.0502. The van der Waals surface area contributed by atoms with E-state index >= 15 is 0 Å². The molecule has 0 saturated carbocycles. The Kier molecular flexibility index (Phi) is 2.36. The van der Waals surface area contributed by atoms with Crippen molar-refractivity contribution in [2.45, 2.75) is 13.0 Å². The third kappa shape index (κ3) is 1.70. The van der Waals surface area contributed by atoms with Crippen LogP contribution in [0, 0.1) is 6.92 Å². The van der Waals surface area contributed by atoms with Gasteiger partial charge in [-0.3, -0.25) is 4.79 Å². The van der Waals surface area contributed by atoms with Gasteiger partial charge in [0.25, 0.3) is 5.91 Å². The van der Waals surface area contributed by atoms with Crippen LogP contribution in [0.3, 0.4) is 0 Å². The number of likely N-dealkylation sites (tertiary alicyclic amines) is 1. The Morgan fingerprint density at radius 2 is 2.35 bits per heavy atom. The Balaban J connectivity index is 1.66. The molecular weight excluding hydrogens is 240 g/mol. The Bertz CT molecular complexity index is 529. The van der Waals surface area contributed by atoms with E-state index in [0.717, 1.165) is 11.5 Å². The van der Waals surface area contributed by atoms with Crippen molar-refractivity contribution in [2.24, 2.45) is 0 Å². The SMILES string of the molecule is Cc1nnsc1C(=O)N1CC(n2ccnn2)C1. The summed E-state index contributed by atoms with van der Waals surface area (Å²) < 4.78 is 5.55. The molecule has 2 aromatic heterocycles. The van der Waals surface area contributed by atoms with Crippen molar-refractivity contribution in [1.29, 1.82) is 0 Å². The second-order valence-corrected chi connectivity index (χ2v) is 4.69. The predicted octanol–water partition coefficient (Wildman–Crippen LogP) is 0.135. The molecule has 2 aromatic rings. The molecular formula is C9H10N6OS. The van der Waals surface area contributed by atoms with Gasteiger partial charge in [-0.25, -0.2) is 4.68 Å². The molecule has 3 heterocycles. The van der Waals surface area contributed by atoms with E-state index in [4.69, 9.17) is 0 Å². The van der Waals surface area contributed by atoms with Crippen molar-refractivity contribution in [1.82, 2.24) is 29.5 Å². The third-order valence-corrected chi connectivity index (χ3v) is 3.63. The summed E-state index contributed by atoms with van der Waals surface area (Å²) in [6.07, 6.45) is 3.45. The van der Waals surface area contributed by atoms with E-state index in [1.807, 2.05) is 6.20 Å². The molecule has 1 aliphatic rings. The molecule has 88 valence electrons. The molecule has 1 fully saturated rings. The Morgan fingerprint density at radius 1 is 1.53 bits per heavy atom. The van der Waals surface area contributed by atoms with Gasteiger partial charge in [0.15, 0.2) is 0 Å². The van der Waals surface area contributed by atoms with Crippen molar-refractivity contribution in [2.75, 3.05) is 13.1 Å². The van der Waals surface area contributed by atoms with Crippen LogP contribution in [0.5, 0.6) is 0 Å². The van der Waals surface area contributed by atoms with Gasteiger partial charge in [0.2, 0.25) is 0 Å². The van der Waals surface area contributed by atoms with Crippen LogP contribution in [0.1, 0.15) is 21.4 Å². The summed E-state index contributed by atoms with van der Waals surface area (Å²) in [7, 11) is 0. The maximum Gasteiger partial charge on any atom is 0.267 e. The van der Waals surface area contributed by atoms with Crippen LogP contribution in [-0.4, -0.2) is 48.5 Å². The van der Waals surface area contributed by atoms with E-state index in [9.17, 15) is 4.79 Å². The highest BCUT2D eigenvalue weighted by molar-refractivity contribution is 7.07. The normalized spacial score (nSPS) is 15.9. The number of amides is 1. The number of carbonyl (C=O) groups excluding carboxylic acids is 1. The second-order valence-electron chi connectivity index (χ2n) is 3.93. The molecule has 1 amide bonds. The number of nitrogens with zero attached hydrogens (tertiary/aromatic N) is 6. The summed E-state index contributed by atoms with van der Waals surface area (Å²) in [6, 6.07) is 0.239. The summed E-state index contributed by atoms with van der Waals surface area (Å²) in [5.41, 5.74) is 0.698. The third-order valence-electron chi connectivity index (χ3n) is 2.81. The van der Waals surface area contributed by atoms with Crippen LogP contribution < -0.4 is 0 Å². The highest BCUT2D eigenvalue weighted by Gasteiger charge is 2.34. The van der Waals surface area contributed by atoms with Crippen LogP contribution in [-0.2, 0) is 0 Å². The summed E-state index contributed by atoms with van der Waals surface area (Å²) >= 11 is 1.15. The van der Waals surface area contributed by atoms with E-state index in [2.05, 4.69) is 19.9 Å². The molecule has 0 atom stereocenters.